The lowest BCUT2D eigenvalue weighted by Gasteiger charge is -2.50. The quantitative estimate of drug-likeness (QED) is 0.250. The summed E-state index contributed by atoms with van der Waals surface area (Å²) in [4.78, 5) is 28.2. The predicted molar refractivity (Wildman–Crippen MR) is 225 cm³/mol. The maximum Gasteiger partial charge on any atom is 0.311 e. The van der Waals surface area contributed by atoms with Crippen molar-refractivity contribution in [2.75, 3.05) is 13.2 Å². The van der Waals surface area contributed by atoms with E-state index >= 15 is 0 Å². The number of fused-ring (bicyclic) bond motifs is 10. The van der Waals surface area contributed by atoms with Crippen LogP contribution in [0.3, 0.4) is 0 Å². The Morgan fingerprint density at radius 1 is 0.812 bits per heavy atom. The van der Waals surface area contributed by atoms with Crippen molar-refractivity contribution in [3.05, 3.63) is 23.8 Å². The minimum absolute atomic E-state index is 0.0691. The molecule has 0 radical (unpaired) electrons. The Morgan fingerprint density at radius 2 is 1.61 bits per heavy atom. The van der Waals surface area contributed by atoms with Crippen LogP contribution in [0.15, 0.2) is 23.8 Å². The first kappa shape index (κ1) is 47.2. The Labute approximate surface area is 376 Å². The lowest BCUT2D eigenvalue weighted by molar-refractivity contribution is -0.368. The summed E-state index contributed by atoms with van der Waals surface area (Å²) < 4.78 is 58.7. The monoisotopic (exact) mass is 904 g/mol. The molecular formula is C48H72O16. The highest BCUT2D eigenvalue weighted by atomic mass is 16.8. The molecule has 20 atom stereocenters. The number of carbonyl (C=O) groups excluding carboxylic acids is 2. The minimum atomic E-state index is -1.99. The molecule has 16 heteroatoms. The third-order valence-electron chi connectivity index (χ3n) is 16.4. The molecule has 0 saturated carbocycles. The van der Waals surface area contributed by atoms with Gasteiger partial charge in [0.15, 0.2) is 17.4 Å². The van der Waals surface area contributed by atoms with Crippen LogP contribution in [0.2, 0.25) is 0 Å². The van der Waals surface area contributed by atoms with Gasteiger partial charge in [-0.3, -0.25) is 9.59 Å². The lowest BCUT2D eigenvalue weighted by atomic mass is 9.83. The molecule has 9 heterocycles. The summed E-state index contributed by atoms with van der Waals surface area (Å²) in [5, 5.41) is 57.1. The van der Waals surface area contributed by atoms with E-state index in [-0.39, 0.29) is 56.5 Å². The van der Waals surface area contributed by atoms with E-state index in [1.807, 2.05) is 26.0 Å². The first-order valence-electron chi connectivity index (χ1n) is 24.1. The lowest BCUT2D eigenvalue weighted by Crippen LogP contribution is -2.61. The zero-order valence-electron chi connectivity index (χ0n) is 38.4. The molecule has 9 rings (SSSR count). The van der Waals surface area contributed by atoms with Crippen molar-refractivity contribution in [3.63, 3.8) is 0 Å². The zero-order valence-corrected chi connectivity index (χ0v) is 38.4. The van der Waals surface area contributed by atoms with Crippen molar-refractivity contribution in [1.82, 2.24) is 0 Å². The van der Waals surface area contributed by atoms with Crippen molar-refractivity contribution < 1.29 is 77.8 Å². The smallest absolute Gasteiger partial charge is 0.311 e. The van der Waals surface area contributed by atoms with Gasteiger partial charge in [-0.2, -0.15) is 0 Å². The fourth-order valence-corrected chi connectivity index (χ4v) is 12.7. The topological polar surface area (TPSA) is 218 Å². The molecule has 0 aromatic carbocycles. The Balaban J connectivity index is 1.02. The molecule has 16 nitrogen and oxygen atoms in total. The fraction of sp³-hybridized carbons (Fsp3) is 0.875. The van der Waals surface area contributed by atoms with Crippen LogP contribution in [-0.4, -0.2) is 152 Å². The number of esters is 1. The summed E-state index contributed by atoms with van der Waals surface area (Å²) in [7, 11) is 0. The van der Waals surface area contributed by atoms with Gasteiger partial charge in [-0.15, -0.1) is 0 Å². The van der Waals surface area contributed by atoms with E-state index in [1.165, 1.54) is 0 Å². The zero-order chi connectivity index (χ0) is 45.6. The van der Waals surface area contributed by atoms with Crippen LogP contribution in [0, 0.1) is 17.8 Å². The number of ketones is 1. The molecule has 0 aliphatic carbocycles. The standard InChI is InChI=1S/C48H72O16/c1-26-9-10-33-34(21-37(57-33)48(55)40(52)28(3)13-19-56-48)58-42(54)29(4)32-8-7-14-46(59-32)16-11-30(50)39(63-46)41(53)44(6)23-31(51)38(62-44)35-24-45(25-49)17-18-47(60-35,64-45)36-12-15-43(5,61-36)22-27(2)20-26/h9-10,20,27-30,32-41,49-50,52-53,55H,7-8,11-19,21-25H2,1-6H3/b10-9+,26-20+/t27-,28+,29+,30-,32-,33+,34+,35+,36+,37-,38-,39-,40+,41-,43+,44+,45-,46-,47-,48+/m0/s1. The molecule has 0 aromatic heterocycles. The molecule has 0 aromatic rings. The van der Waals surface area contributed by atoms with Crippen LogP contribution >= 0.6 is 0 Å². The largest absolute Gasteiger partial charge is 0.459 e. The van der Waals surface area contributed by atoms with Gasteiger partial charge in [-0.1, -0.05) is 37.6 Å². The number of carbonyl (C=O) groups is 2. The van der Waals surface area contributed by atoms with Crippen molar-refractivity contribution in [1.29, 1.82) is 0 Å². The Morgan fingerprint density at radius 3 is 2.39 bits per heavy atom. The molecule has 64 heavy (non-hydrogen) atoms. The van der Waals surface area contributed by atoms with Gasteiger partial charge in [0.25, 0.3) is 0 Å². The number of aliphatic hydroxyl groups excluding tert-OH is 4. The van der Waals surface area contributed by atoms with E-state index in [2.05, 4.69) is 19.9 Å². The van der Waals surface area contributed by atoms with Gasteiger partial charge in [0.1, 0.15) is 54.4 Å². The van der Waals surface area contributed by atoms with Gasteiger partial charge in [-0.25, -0.2) is 0 Å². The van der Waals surface area contributed by atoms with Crippen LogP contribution in [0.25, 0.3) is 0 Å². The average molecular weight is 905 g/mol. The van der Waals surface area contributed by atoms with Gasteiger partial charge < -0.3 is 68.2 Å². The number of allylic oxidation sites excluding steroid dienone is 3. The maximum atomic E-state index is 14.1. The highest BCUT2D eigenvalue weighted by Gasteiger charge is 2.66. The third kappa shape index (κ3) is 8.51. The molecule has 9 aliphatic heterocycles. The molecule has 0 amide bonds. The van der Waals surface area contributed by atoms with Crippen LogP contribution < -0.4 is 0 Å². The second kappa shape index (κ2) is 17.3. The van der Waals surface area contributed by atoms with Gasteiger partial charge in [-0.05, 0) is 90.9 Å². The van der Waals surface area contributed by atoms with Crippen LogP contribution in [0.4, 0.5) is 0 Å². The molecular weight excluding hydrogens is 833 g/mol. The summed E-state index contributed by atoms with van der Waals surface area (Å²) in [5.41, 5.74) is -2.01. The summed E-state index contributed by atoms with van der Waals surface area (Å²) in [6.45, 7) is 11.4. The van der Waals surface area contributed by atoms with Gasteiger partial charge in [0.05, 0.1) is 48.6 Å². The third-order valence-corrected chi connectivity index (χ3v) is 16.4. The first-order chi connectivity index (χ1) is 30.2. The number of hydrogen-bond donors (Lipinski definition) is 5. The molecule has 9 aliphatic rings. The molecule has 8 saturated heterocycles. The Kier molecular flexibility index (Phi) is 12.7. The average Bonchev–Trinajstić information content (AvgIpc) is 4.01. The van der Waals surface area contributed by atoms with E-state index in [0.29, 0.717) is 57.8 Å². The van der Waals surface area contributed by atoms with Gasteiger partial charge in [0.2, 0.25) is 5.79 Å². The minimum Gasteiger partial charge on any atom is -0.459 e. The molecule has 0 unspecified atom stereocenters. The number of Topliss-reactive ketones (excluding diaryl/α,β-unsaturated/α-hetero) is 1. The van der Waals surface area contributed by atoms with Crippen molar-refractivity contribution in [2.24, 2.45) is 17.8 Å². The van der Waals surface area contributed by atoms with Crippen LogP contribution in [0.5, 0.6) is 0 Å². The summed E-state index contributed by atoms with van der Waals surface area (Å²) in [6, 6.07) is 0. The normalized spacial score (nSPS) is 55.0. The van der Waals surface area contributed by atoms with Crippen LogP contribution in [0.1, 0.15) is 131 Å². The number of aliphatic hydroxyl groups is 5. The van der Waals surface area contributed by atoms with Crippen molar-refractivity contribution in [2.45, 2.75) is 233 Å². The van der Waals surface area contributed by atoms with Crippen molar-refractivity contribution in [3.8, 4) is 0 Å². The van der Waals surface area contributed by atoms with E-state index in [9.17, 15) is 35.1 Å². The van der Waals surface area contributed by atoms with Gasteiger partial charge in [0, 0.05) is 38.5 Å². The maximum absolute atomic E-state index is 14.1. The Hall–Kier alpha value is -1.90. The molecule has 8 fully saturated rings. The van der Waals surface area contributed by atoms with E-state index in [0.717, 1.165) is 12.0 Å². The second-order valence-electron chi connectivity index (χ2n) is 21.6. The Bertz CT molecular complexity index is 1830. The highest BCUT2D eigenvalue weighted by Crippen LogP contribution is 2.55. The number of hydrogen-bond acceptors (Lipinski definition) is 16. The second-order valence-corrected chi connectivity index (χ2v) is 21.6. The van der Waals surface area contributed by atoms with Crippen molar-refractivity contribution >= 4 is 11.8 Å². The SMILES string of the molecule is CC1=C\[C@H](C)C[C@@]2(C)CC[C@@H](O2)[C@@]23CC[C@@](CO)(C[C@@H](O2)[C@H]2O[C@](C)(CC2=O)[C@@H](O)[C@H]2O[C@@]4(CCC[C@H](O4)[C@@H](C)C(=O)O[C@@H]4C[C@@H]([C@@]5(O)OCC[C@@H](C)[C@H]5O)O[C@@H]4\C=C\1)CC[C@@H]2O)O3. The predicted octanol–water partition coefficient (Wildman–Crippen LogP) is 3.59. The summed E-state index contributed by atoms with van der Waals surface area (Å²) in [6.07, 6.45) is 1.40. The van der Waals surface area contributed by atoms with E-state index in [4.69, 9.17) is 42.6 Å². The summed E-state index contributed by atoms with van der Waals surface area (Å²) in [5.74, 6) is -6.14. The molecule has 360 valence electrons. The summed E-state index contributed by atoms with van der Waals surface area (Å²) >= 11 is 0. The van der Waals surface area contributed by atoms with Gasteiger partial charge >= 0.3 is 5.97 Å². The van der Waals surface area contributed by atoms with E-state index in [1.54, 1.807) is 13.8 Å². The number of ether oxygens (including phenoxy) is 9. The van der Waals surface area contributed by atoms with E-state index < -0.39 is 113 Å². The first-order valence-corrected chi connectivity index (χ1v) is 24.1. The fourth-order valence-electron chi connectivity index (χ4n) is 12.7. The number of rotatable bonds is 2. The highest BCUT2D eigenvalue weighted by molar-refractivity contribution is 5.86. The van der Waals surface area contributed by atoms with Crippen LogP contribution in [-0.2, 0) is 52.2 Å². The molecule has 5 N–H and O–H groups in total. The molecule has 10 bridgehead atoms. The molecule has 2 spiro atoms.